The lowest BCUT2D eigenvalue weighted by molar-refractivity contribution is 1.30. The smallest absolute Gasteiger partial charge is 0.151 e. The van der Waals surface area contributed by atoms with Crippen LogP contribution in [0.2, 0.25) is 10.0 Å². The summed E-state index contributed by atoms with van der Waals surface area (Å²) in [5.41, 5.74) is 7.90. The van der Waals surface area contributed by atoms with Crippen LogP contribution in [-0.2, 0) is 0 Å². The molecule has 0 aliphatic rings. The molecule has 19 heavy (non-hydrogen) atoms. The SMILES string of the molecule is Cc1ccc(C#N)cc1Nc1nc(N)c(Cl)cc1Cl. The van der Waals surface area contributed by atoms with Gasteiger partial charge in [0, 0.05) is 5.69 Å². The van der Waals surface area contributed by atoms with E-state index in [0.29, 0.717) is 21.4 Å². The molecule has 1 aromatic heterocycles. The van der Waals surface area contributed by atoms with Crippen molar-refractivity contribution in [2.75, 3.05) is 11.1 Å². The number of aromatic nitrogens is 1. The number of nitrogen functional groups attached to an aromatic ring is 1. The molecule has 0 aliphatic carbocycles. The molecular formula is C13H10Cl2N4. The van der Waals surface area contributed by atoms with Crippen LogP contribution in [-0.4, -0.2) is 4.98 Å². The number of nitrogens with one attached hydrogen (secondary N) is 1. The van der Waals surface area contributed by atoms with Crippen LogP contribution in [0.1, 0.15) is 11.1 Å². The first kappa shape index (κ1) is 13.5. The molecule has 0 bridgehead atoms. The van der Waals surface area contributed by atoms with Crippen molar-refractivity contribution < 1.29 is 0 Å². The third-order valence-electron chi connectivity index (χ3n) is 2.58. The Labute approximate surface area is 120 Å². The lowest BCUT2D eigenvalue weighted by Crippen LogP contribution is -2.00. The van der Waals surface area contributed by atoms with Gasteiger partial charge in [0.25, 0.3) is 0 Å². The molecule has 0 saturated carbocycles. The Morgan fingerprint density at radius 3 is 2.68 bits per heavy atom. The number of benzene rings is 1. The second-order valence-corrected chi connectivity index (χ2v) is 4.77. The number of hydrogen-bond acceptors (Lipinski definition) is 4. The summed E-state index contributed by atoms with van der Waals surface area (Å²) >= 11 is 11.9. The summed E-state index contributed by atoms with van der Waals surface area (Å²) < 4.78 is 0. The van der Waals surface area contributed by atoms with E-state index in [-0.39, 0.29) is 5.82 Å². The third kappa shape index (κ3) is 2.90. The fraction of sp³-hybridized carbons (Fsp3) is 0.0769. The van der Waals surface area contributed by atoms with Gasteiger partial charge in [-0.05, 0) is 30.7 Å². The average molecular weight is 293 g/mol. The second-order valence-electron chi connectivity index (χ2n) is 3.95. The van der Waals surface area contributed by atoms with E-state index in [1.54, 1.807) is 12.1 Å². The van der Waals surface area contributed by atoms with Gasteiger partial charge in [0.05, 0.1) is 21.7 Å². The minimum atomic E-state index is 0.197. The lowest BCUT2D eigenvalue weighted by atomic mass is 10.1. The number of hydrogen-bond donors (Lipinski definition) is 2. The number of nitrogens with zero attached hydrogens (tertiary/aromatic N) is 2. The number of aryl methyl sites for hydroxylation is 1. The molecule has 0 fully saturated rings. The van der Waals surface area contributed by atoms with Crippen molar-refractivity contribution in [3.05, 3.63) is 45.4 Å². The molecule has 96 valence electrons. The van der Waals surface area contributed by atoms with Gasteiger partial charge in [0.15, 0.2) is 5.82 Å². The van der Waals surface area contributed by atoms with Gasteiger partial charge in [0.1, 0.15) is 5.82 Å². The highest BCUT2D eigenvalue weighted by Crippen LogP contribution is 2.30. The highest BCUT2D eigenvalue weighted by Gasteiger charge is 2.09. The minimum absolute atomic E-state index is 0.197. The van der Waals surface area contributed by atoms with Crippen molar-refractivity contribution in [3.63, 3.8) is 0 Å². The predicted octanol–water partition coefficient (Wildman–Crippen LogP) is 3.89. The summed E-state index contributed by atoms with van der Waals surface area (Å²) in [5, 5.41) is 12.6. The molecule has 0 saturated heterocycles. The van der Waals surface area contributed by atoms with Gasteiger partial charge in [0.2, 0.25) is 0 Å². The van der Waals surface area contributed by atoms with Crippen LogP contribution in [0.25, 0.3) is 0 Å². The van der Waals surface area contributed by atoms with Gasteiger partial charge in [-0.1, -0.05) is 29.3 Å². The lowest BCUT2D eigenvalue weighted by Gasteiger charge is -2.11. The maximum atomic E-state index is 8.90. The molecule has 0 unspecified atom stereocenters. The topological polar surface area (TPSA) is 74.7 Å². The van der Waals surface area contributed by atoms with Gasteiger partial charge in [-0.25, -0.2) is 4.98 Å². The van der Waals surface area contributed by atoms with Crippen LogP contribution in [0, 0.1) is 18.3 Å². The Bertz CT molecular complexity index is 677. The molecule has 2 aromatic rings. The first-order chi connectivity index (χ1) is 9.01. The number of nitrogens with two attached hydrogens (primary N) is 1. The maximum absolute atomic E-state index is 8.90. The molecule has 6 heteroatoms. The summed E-state index contributed by atoms with van der Waals surface area (Å²) in [4.78, 5) is 4.08. The Balaban J connectivity index is 2.42. The monoisotopic (exact) mass is 292 g/mol. The molecule has 0 atom stereocenters. The van der Waals surface area contributed by atoms with E-state index in [1.807, 2.05) is 13.0 Å². The van der Waals surface area contributed by atoms with Crippen molar-refractivity contribution in [2.45, 2.75) is 6.92 Å². The van der Waals surface area contributed by atoms with Crippen LogP contribution in [0.4, 0.5) is 17.3 Å². The normalized spacial score (nSPS) is 10.0. The van der Waals surface area contributed by atoms with E-state index in [1.165, 1.54) is 6.07 Å². The predicted molar refractivity (Wildman–Crippen MR) is 77.8 cm³/mol. The fourth-order valence-electron chi connectivity index (χ4n) is 1.52. The van der Waals surface area contributed by atoms with Crippen molar-refractivity contribution >= 4 is 40.5 Å². The Morgan fingerprint density at radius 1 is 1.26 bits per heavy atom. The van der Waals surface area contributed by atoms with Crippen LogP contribution >= 0.6 is 23.2 Å². The Hall–Kier alpha value is -1.96. The number of anilines is 3. The molecule has 0 spiro atoms. The van der Waals surface area contributed by atoms with Gasteiger partial charge in [-0.2, -0.15) is 5.26 Å². The quantitative estimate of drug-likeness (QED) is 0.880. The summed E-state index contributed by atoms with van der Waals surface area (Å²) in [6.07, 6.45) is 0. The molecule has 1 heterocycles. The van der Waals surface area contributed by atoms with Gasteiger partial charge < -0.3 is 11.1 Å². The summed E-state index contributed by atoms with van der Waals surface area (Å²) in [7, 11) is 0. The van der Waals surface area contributed by atoms with Crippen LogP contribution in [0.5, 0.6) is 0 Å². The average Bonchev–Trinajstić information content (AvgIpc) is 2.38. The number of nitriles is 1. The highest BCUT2D eigenvalue weighted by atomic mass is 35.5. The van der Waals surface area contributed by atoms with E-state index < -0.39 is 0 Å². The van der Waals surface area contributed by atoms with E-state index >= 15 is 0 Å². The zero-order chi connectivity index (χ0) is 14.0. The van der Waals surface area contributed by atoms with Crippen molar-refractivity contribution in [3.8, 4) is 6.07 Å². The summed E-state index contributed by atoms with van der Waals surface area (Å²) in [6.45, 7) is 1.91. The fourth-order valence-corrected chi connectivity index (χ4v) is 1.93. The molecule has 0 aliphatic heterocycles. The Kier molecular flexibility index (Phi) is 3.79. The van der Waals surface area contributed by atoms with Crippen molar-refractivity contribution in [1.29, 1.82) is 5.26 Å². The zero-order valence-electron chi connectivity index (χ0n) is 10.0. The van der Waals surface area contributed by atoms with Gasteiger partial charge in [-0.3, -0.25) is 0 Å². The zero-order valence-corrected chi connectivity index (χ0v) is 11.5. The number of halogens is 2. The second kappa shape index (κ2) is 5.35. The largest absolute Gasteiger partial charge is 0.382 e. The van der Waals surface area contributed by atoms with Crippen LogP contribution in [0.15, 0.2) is 24.3 Å². The van der Waals surface area contributed by atoms with Crippen LogP contribution in [0.3, 0.4) is 0 Å². The van der Waals surface area contributed by atoms with E-state index in [9.17, 15) is 0 Å². The van der Waals surface area contributed by atoms with E-state index in [2.05, 4.69) is 16.4 Å². The van der Waals surface area contributed by atoms with Gasteiger partial charge >= 0.3 is 0 Å². The first-order valence-corrected chi connectivity index (χ1v) is 6.16. The van der Waals surface area contributed by atoms with E-state index in [4.69, 9.17) is 34.2 Å². The van der Waals surface area contributed by atoms with Crippen molar-refractivity contribution in [1.82, 2.24) is 4.98 Å². The summed E-state index contributed by atoms with van der Waals surface area (Å²) in [6, 6.07) is 8.90. The first-order valence-electron chi connectivity index (χ1n) is 5.40. The molecule has 0 amide bonds. The minimum Gasteiger partial charge on any atom is -0.382 e. The highest BCUT2D eigenvalue weighted by molar-refractivity contribution is 6.37. The molecule has 1 aromatic carbocycles. The van der Waals surface area contributed by atoms with Crippen LogP contribution < -0.4 is 11.1 Å². The third-order valence-corrected chi connectivity index (χ3v) is 3.17. The molecule has 4 nitrogen and oxygen atoms in total. The number of pyridine rings is 1. The molecule has 3 N–H and O–H groups in total. The molecular weight excluding hydrogens is 283 g/mol. The Morgan fingerprint density at radius 2 is 2.00 bits per heavy atom. The molecule has 2 rings (SSSR count). The molecule has 0 radical (unpaired) electrons. The van der Waals surface area contributed by atoms with Gasteiger partial charge in [-0.15, -0.1) is 0 Å². The van der Waals surface area contributed by atoms with E-state index in [0.717, 1.165) is 11.3 Å². The standard InChI is InChI=1S/C13H10Cl2N4/c1-7-2-3-8(6-16)4-11(7)18-13-10(15)5-9(14)12(17)19-13/h2-5H,1H3,(H3,17,18,19). The maximum Gasteiger partial charge on any atom is 0.151 e. The summed E-state index contributed by atoms with van der Waals surface area (Å²) in [5.74, 6) is 0.601. The number of rotatable bonds is 2. The van der Waals surface area contributed by atoms with Crippen molar-refractivity contribution in [2.24, 2.45) is 0 Å².